The monoisotopic (exact) mass is 406 g/mol. The maximum atomic E-state index is 12.9. The molecule has 3 aromatic rings. The van der Waals surface area contributed by atoms with Crippen molar-refractivity contribution in [3.8, 4) is 17.1 Å². The van der Waals surface area contributed by atoms with Crippen LogP contribution >= 0.6 is 23.2 Å². The standard InChI is InChI=1S/C20H16Cl2O5/c1-11(2)26-17(23)10-25-20-18(24)14-5-3-4-6-16(14)27-19(20)13-8-7-12(21)9-15(13)22/h3-9,11H,10H2,1-2H3. The second kappa shape index (κ2) is 8.03. The number of hydrogen-bond donors (Lipinski definition) is 0. The molecule has 0 N–H and O–H groups in total. The van der Waals surface area contributed by atoms with Gasteiger partial charge in [-0.3, -0.25) is 4.79 Å². The summed E-state index contributed by atoms with van der Waals surface area (Å²) in [6, 6.07) is 11.5. The van der Waals surface area contributed by atoms with Gasteiger partial charge in [0.05, 0.1) is 16.5 Å². The molecule has 0 aliphatic heterocycles. The zero-order valence-electron chi connectivity index (χ0n) is 14.6. The summed E-state index contributed by atoms with van der Waals surface area (Å²) in [6.45, 7) is 3.02. The Bertz CT molecular complexity index is 1060. The molecule has 0 amide bonds. The van der Waals surface area contributed by atoms with Crippen LogP contribution in [0.5, 0.6) is 5.75 Å². The Kier molecular flexibility index (Phi) is 5.73. The SMILES string of the molecule is CC(C)OC(=O)COc1c(-c2ccc(Cl)cc2Cl)oc2ccccc2c1=O. The average molecular weight is 407 g/mol. The third kappa shape index (κ3) is 4.26. The first-order valence-corrected chi connectivity index (χ1v) is 8.96. The van der Waals surface area contributed by atoms with Crippen molar-refractivity contribution in [1.29, 1.82) is 0 Å². The first kappa shape index (κ1) is 19.3. The van der Waals surface area contributed by atoms with Crippen LogP contribution < -0.4 is 10.2 Å². The molecule has 0 atom stereocenters. The molecule has 0 aliphatic rings. The van der Waals surface area contributed by atoms with Gasteiger partial charge in [0, 0.05) is 10.6 Å². The second-order valence-corrected chi connectivity index (χ2v) is 6.88. The van der Waals surface area contributed by atoms with Crippen LogP contribution in [0.4, 0.5) is 0 Å². The van der Waals surface area contributed by atoms with Crippen molar-refractivity contribution in [2.45, 2.75) is 20.0 Å². The lowest BCUT2D eigenvalue weighted by Crippen LogP contribution is -2.21. The Balaban J connectivity index is 2.13. The number of hydrogen-bond acceptors (Lipinski definition) is 5. The van der Waals surface area contributed by atoms with E-state index in [0.29, 0.717) is 21.6 Å². The third-order valence-electron chi connectivity index (χ3n) is 3.63. The van der Waals surface area contributed by atoms with Crippen LogP contribution in [0.2, 0.25) is 10.0 Å². The molecule has 1 heterocycles. The fourth-order valence-corrected chi connectivity index (χ4v) is 3.03. The normalized spacial score (nSPS) is 11.0. The smallest absolute Gasteiger partial charge is 0.344 e. The minimum Gasteiger partial charge on any atom is -0.474 e. The van der Waals surface area contributed by atoms with Crippen LogP contribution in [0, 0.1) is 0 Å². The molecule has 0 bridgehead atoms. The maximum Gasteiger partial charge on any atom is 0.344 e. The van der Waals surface area contributed by atoms with Gasteiger partial charge in [0.25, 0.3) is 0 Å². The van der Waals surface area contributed by atoms with Crippen molar-refractivity contribution in [3.05, 3.63) is 62.7 Å². The highest BCUT2D eigenvalue weighted by Gasteiger charge is 2.21. The molecule has 0 saturated heterocycles. The van der Waals surface area contributed by atoms with Crippen LogP contribution in [0.25, 0.3) is 22.3 Å². The first-order chi connectivity index (χ1) is 12.9. The molecule has 3 rings (SSSR count). The number of fused-ring (bicyclic) bond motifs is 1. The van der Waals surface area contributed by atoms with Crippen LogP contribution in [-0.2, 0) is 9.53 Å². The summed E-state index contributed by atoms with van der Waals surface area (Å²) in [5.41, 5.74) is 0.395. The summed E-state index contributed by atoms with van der Waals surface area (Å²) in [6.07, 6.45) is -0.292. The number of para-hydroxylation sites is 1. The van der Waals surface area contributed by atoms with Gasteiger partial charge < -0.3 is 13.9 Å². The molecule has 2 aromatic carbocycles. The lowest BCUT2D eigenvalue weighted by molar-refractivity contribution is -0.149. The van der Waals surface area contributed by atoms with Crippen molar-refractivity contribution in [1.82, 2.24) is 0 Å². The summed E-state index contributed by atoms with van der Waals surface area (Å²) in [7, 11) is 0. The Hall–Kier alpha value is -2.50. The van der Waals surface area contributed by atoms with E-state index in [0.717, 1.165) is 0 Å². The van der Waals surface area contributed by atoms with E-state index in [1.54, 1.807) is 50.2 Å². The van der Waals surface area contributed by atoms with Crippen molar-refractivity contribution in [3.63, 3.8) is 0 Å². The summed E-state index contributed by atoms with van der Waals surface area (Å²) in [5.74, 6) is -0.581. The highest BCUT2D eigenvalue weighted by atomic mass is 35.5. The Morgan fingerprint density at radius 3 is 2.59 bits per heavy atom. The molecule has 1 aromatic heterocycles. The molecule has 0 unspecified atom stereocenters. The molecule has 5 nitrogen and oxygen atoms in total. The van der Waals surface area contributed by atoms with E-state index in [4.69, 9.17) is 37.1 Å². The highest BCUT2D eigenvalue weighted by Crippen LogP contribution is 2.36. The largest absolute Gasteiger partial charge is 0.474 e. The zero-order chi connectivity index (χ0) is 19.6. The Morgan fingerprint density at radius 1 is 1.15 bits per heavy atom. The molecular formula is C20H16Cl2O5. The predicted octanol–water partition coefficient (Wildman–Crippen LogP) is 5.10. The molecule has 0 spiro atoms. The average Bonchev–Trinajstić information content (AvgIpc) is 2.60. The van der Waals surface area contributed by atoms with Crippen molar-refractivity contribution in [2.75, 3.05) is 6.61 Å². The zero-order valence-corrected chi connectivity index (χ0v) is 16.1. The van der Waals surface area contributed by atoms with Gasteiger partial charge in [-0.05, 0) is 44.2 Å². The van der Waals surface area contributed by atoms with E-state index in [-0.39, 0.29) is 22.6 Å². The predicted molar refractivity (Wildman–Crippen MR) is 105 cm³/mol. The van der Waals surface area contributed by atoms with Crippen molar-refractivity contribution in [2.24, 2.45) is 0 Å². The fourth-order valence-electron chi connectivity index (χ4n) is 2.53. The third-order valence-corrected chi connectivity index (χ3v) is 4.18. The van der Waals surface area contributed by atoms with E-state index in [1.165, 1.54) is 6.07 Å². The summed E-state index contributed by atoms with van der Waals surface area (Å²) >= 11 is 12.2. The van der Waals surface area contributed by atoms with Crippen molar-refractivity contribution >= 4 is 40.1 Å². The summed E-state index contributed by atoms with van der Waals surface area (Å²) in [5, 5.41) is 1.06. The molecular weight excluding hydrogens is 391 g/mol. The van der Waals surface area contributed by atoms with Gasteiger partial charge in [-0.15, -0.1) is 0 Å². The minimum absolute atomic E-state index is 0.112. The second-order valence-electron chi connectivity index (χ2n) is 6.04. The van der Waals surface area contributed by atoms with Crippen LogP contribution in [0.3, 0.4) is 0 Å². The topological polar surface area (TPSA) is 65.7 Å². The van der Waals surface area contributed by atoms with E-state index < -0.39 is 18.0 Å². The van der Waals surface area contributed by atoms with E-state index in [9.17, 15) is 9.59 Å². The molecule has 0 fully saturated rings. The molecule has 140 valence electrons. The number of benzene rings is 2. The lowest BCUT2D eigenvalue weighted by atomic mass is 10.1. The van der Waals surface area contributed by atoms with Gasteiger partial charge in [0.2, 0.25) is 11.2 Å². The molecule has 0 saturated carbocycles. The Labute approximate surface area is 165 Å². The van der Waals surface area contributed by atoms with Gasteiger partial charge in [0.1, 0.15) is 5.58 Å². The van der Waals surface area contributed by atoms with Gasteiger partial charge in [-0.25, -0.2) is 4.79 Å². The fraction of sp³-hybridized carbons (Fsp3) is 0.200. The number of carbonyl (C=O) groups excluding carboxylic acids is 1. The molecule has 7 heteroatoms. The maximum absolute atomic E-state index is 12.9. The van der Waals surface area contributed by atoms with E-state index in [2.05, 4.69) is 0 Å². The first-order valence-electron chi connectivity index (χ1n) is 8.20. The number of ether oxygens (including phenoxy) is 2. The van der Waals surface area contributed by atoms with E-state index in [1.807, 2.05) is 0 Å². The van der Waals surface area contributed by atoms with Gasteiger partial charge in [-0.2, -0.15) is 0 Å². The number of esters is 1. The quantitative estimate of drug-likeness (QED) is 0.551. The number of halogens is 2. The number of carbonyl (C=O) groups is 1. The molecule has 27 heavy (non-hydrogen) atoms. The number of rotatable bonds is 5. The minimum atomic E-state index is -0.592. The lowest BCUT2D eigenvalue weighted by Gasteiger charge is -2.13. The van der Waals surface area contributed by atoms with Crippen molar-refractivity contribution < 1.29 is 18.7 Å². The van der Waals surface area contributed by atoms with Gasteiger partial charge in [0.15, 0.2) is 12.4 Å². The summed E-state index contributed by atoms with van der Waals surface area (Å²) < 4.78 is 16.4. The van der Waals surface area contributed by atoms with Gasteiger partial charge >= 0.3 is 5.97 Å². The van der Waals surface area contributed by atoms with E-state index >= 15 is 0 Å². The molecule has 0 radical (unpaired) electrons. The molecule has 0 aliphatic carbocycles. The van der Waals surface area contributed by atoms with Gasteiger partial charge in [-0.1, -0.05) is 35.3 Å². The van der Waals surface area contributed by atoms with Crippen LogP contribution in [0.15, 0.2) is 51.7 Å². The van der Waals surface area contributed by atoms with Crippen LogP contribution in [-0.4, -0.2) is 18.7 Å². The van der Waals surface area contributed by atoms with Crippen LogP contribution in [0.1, 0.15) is 13.8 Å². The summed E-state index contributed by atoms with van der Waals surface area (Å²) in [4.78, 5) is 24.8. The highest BCUT2D eigenvalue weighted by molar-refractivity contribution is 6.36. The Morgan fingerprint density at radius 2 is 1.89 bits per heavy atom.